The van der Waals surface area contributed by atoms with Gasteiger partial charge in [-0.2, -0.15) is 0 Å². The van der Waals surface area contributed by atoms with Gasteiger partial charge >= 0.3 is 0 Å². The predicted molar refractivity (Wildman–Crippen MR) is 101 cm³/mol. The van der Waals surface area contributed by atoms with Crippen LogP contribution in [0.1, 0.15) is 55.3 Å². The van der Waals surface area contributed by atoms with Crippen LogP contribution >= 0.6 is 0 Å². The monoisotopic (exact) mass is 373 g/mol. The number of hydrogen-bond acceptors (Lipinski definition) is 3. The van der Waals surface area contributed by atoms with Gasteiger partial charge in [-0.15, -0.1) is 0 Å². The van der Waals surface area contributed by atoms with E-state index >= 15 is 0 Å². The van der Waals surface area contributed by atoms with Crippen molar-refractivity contribution in [2.24, 2.45) is 5.92 Å². The van der Waals surface area contributed by atoms with Crippen LogP contribution in [0.4, 0.5) is 8.78 Å². The summed E-state index contributed by atoms with van der Waals surface area (Å²) in [5.41, 5.74) is 6.05. The molecule has 4 rings (SSSR count). The lowest BCUT2D eigenvalue weighted by atomic mass is 9.82. The average molecular weight is 373 g/mol. The van der Waals surface area contributed by atoms with Crippen molar-refractivity contribution in [2.45, 2.75) is 65.2 Å². The quantitative estimate of drug-likeness (QED) is 0.632. The molecule has 0 amide bonds. The molecule has 0 atom stereocenters. The number of rotatable bonds is 4. The van der Waals surface area contributed by atoms with Crippen LogP contribution in [-0.4, -0.2) is 21.0 Å². The number of aromatic amines is 1. The zero-order valence-corrected chi connectivity index (χ0v) is 16.0. The molecule has 1 saturated carbocycles. The number of hydrogen-bond donors (Lipinski definition) is 1. The Morgan fingerprint density at radius 2 is 2.00 bits per heavy atom. The minimum Gasteiger partial charge on any atom is -0.361 e. The molecule has 3 heterocycles. The highest BCUT2D eigenvalue weighted by Crippen LogP contribution is 2.39. The fourth-order valence-corrected chi connectivity index (χ4v) is 4.33. The lowest BCUT2D eigenvalue weighted by Crippen LogP contribution is -2.25. The molecule has 144 valence electrons. The van der Waals surface area contributed by atoms with Crippen LogP contribution in [0.3, 0.4) is 0 Å². The van der Waals surface area contributed by atoms with E-state index in [4.69, 9.17) is 4.52 Å². The van der Waals surface area contributed by atoms with E-state index in [1.54, 1.807) is 0 Å². The molecular weight excluding hydrogens is 348 g/mol. The molecule has 0 saturated heterocycles. The first kappa shape index (κ1) is 18.1. The third-order valence-electron chi connectivity index (χ3n) is 5.85. The van der Waals surface area contributed by atoms with Crippen LogP contribution in [0.5, 0.6) is 0 Å². The predicted octanol–water partition coefficient (Wildman–Crippen LogP) is 5.77. The molecule has 27 heavy (non-hydrogen) atoms. The maximum absolute atomic E-state index is 13.5. The van der Waals surface area contributed by atoms with E-state index < -0.39 is 5.92 Å². The fraction of sp³-hybridized carbons (Fsp3) is 0.524. The third kappa shape index (κ3) is 3.37. The summed E-state index contributed by atoms with van der Waals surface area (Å²) in [6.45, 7) is 5.93. The first-order valence-corrected chi connectivity index (χ1v) is 9.68. The second-order valence-electron chi connectivity index (χ2n) is 7.76. The molecule has 1 N–H and O–H groups in total. The summed E-state index contributed by atoms with van der Waals surface area (Å²) in [5.74, 6) is -1.41. The van der Waals surface area contributed by atoms with E-state index in [9.17, 15) is 8.78 Å². The van der Waals surface area contributed by atoms with Gasteiger partial charge in [0.05, 0.1) is 5.69 Å². The topological polar surface area (TPSA) is 54.7 Å². The average Bonchev–Trinajstić information content (AvgIpc) is 3.16. The number of nitrogens with one attached hydrogen (secondary N) is 1. The Balaban J connectivity index is 1.72. The highest BCUT2D eigenvalue weighted by Gasteiger charge is 2.35. The van der Waals surface area contributed by atoms with E-state index in [1.165, 1.54) is 5.56 Å². The van der Waals surface area contributed by atoms with E-state index in [2.05, 4.69) is 28.1 Å². The van der Waals surface area contributed by atoms with Gasteiger partial charge in [-0.1, -0.05) is 12.1 Å². The van der Waals surface area contributed by atoms with Crippen molar-refractivity contribution < 1.29 is 13.3 Å². The third-order valence-corrected chi connectivity index (χ3v) is 5.85. The Bertz CT molecular complexity index is 944. The van der Waals surface area contributed by atoms with Gasteiger partial charge in [0, 0.05) is 41.2 Å². The summed E-state index contributed by atoms with van der Waals surface area (Å²) < 4.78 is 32.3. The molecule has 1 fully saturated rings. The standard InChI is InChI=1S/C21H25F2N3O/c1-4-18-16(9-14-5-7-21(22,23)8-6-14)17-10-15(11-24-20(17)25-18)19-12(2)26-27-13(19)3/h10-11,14H,4-9H2,1-3H3,(H,24,25). The summed E-state index contributed by atoms with van der Waals surface area (Å²) in [6.07, 6.45) is 4.71. The normalized spacial score (nSPS) is 17.7. The van der Waals surface area contributed by atoms with Crippen molar-refractivity contribution in [3.8, 4) is 11.1 Å². The molecule has 0 aliphatic heterocycles. The van der Waals surface area contributed by atoms with Gasteiger partial charge in [0.15, 0.2) is 0 Å². The number of alkyl halides is 2. The zero-order chi connectivity index (χ0) is 19.2. The van der Waals surface area contributed by atoms with Crippen LogP contribution in [-0.2, 0) is 12.8 Å². The van der Waals surface area contributed by atoms with Crippen LogP contribution in [0.15, 0.2) is 16.8 Å². The molecule has 0 unspecified atom stereocenters. The first-order chi connectivity index (χ1) is 12.9. The number of H-pyrrole nitrogens is 1. The second kappa shape index (κ2) is 6.73. The molecular formula is C21H25F2N3O. The largest absolute Gasteiger partial charge is 0.361 e. The number of halogens is 2. The highest BCUT2D eigenvalue weighted by atomic mass is 19.3. The summed E-state index contributed by atoms with van der Waals surface area (Å²) in [5, 5.41) is 5.13. The first-order valence-electron chi connectivity index (χ1n) is 9.68. The van der Waals surface area contributed by atoms with Crippen molar-refractivity contribution in [3.05, 3.63) is 35.0 Å². The molecule has 3 aromatic rings. The summed E-state index contributed by atoms with van der Waals surface area (Å²) >= 11 is 0. The molecule has 1 aliphatic rings. The van der Waals surface area contributed by atoms with Crippen molar-refractivity contribution >= 4 is 11.0 Å². The highest BCUT2D eigenvalue weighted by molar-refractivity contribution is 5.86. The van der Waals surface area contributed by atoms with E-state index in [0.29, 0.717) is 18.8 Å². The number of nitrogens with zero attached hydrogens (tertiary/aromatic N) is 2. The molecule has 4 nitrogen and oxygen atoms in total. The van der Waals surface area contributed by atoms with Crippen LogP contribution < -0.4 is 0 Å². The lowest BCUT2D eigenvalue weighted by Gasteiger charge is -2.28. The van der Waals surface area contributed by atoms with Crippen LogP contribution in [0, 0.1) is 19.8 Å². The Labute approximate surface area is 157 Å². The minimum absolute atomic E-state index is 0.00403. The van der Waals surface area contributed by atoms with E-state index in [-0.39, 0.29) is 12.8 Å². The van der Waals surface area contributed by atoms with Gasteiger partial charge in [0.1, 0.15) is 11.4 Å². The molecule has 3 aromatic heterocycles. The molecule has 6 heteroatoms. The maximum Gasteiger partial charge on any atom is 0.248 e. The van der Waals surface area contributed by atoms with Gasteiger partial charge in [-0.05, 0) is 57.1 Å². The number of fused-ring (bicyclic) bond motifs is 1. The van der Waals surface area contributed by atoms with Gasteiger partial charge in [0.2, 0.25) is 5.92 Å². The molecule has 1 aliphatic carbocycles. The fourth-order valence-electron chi connectivity index (χ4n) is 4.33. The van der Waals surface area contributed by atoms with Gasteiger partial charge in [-0.3, -0.25) is 0 Å². The SMILES string of the molecule is CCc1[nH]c2ncc(-c3c(C)noc3C)cc2c1CC1CCC(F)(F)CC1. The Morgan fingerprint density at radius 1 is 1.26 bits per heavy atom. The van der Waals surface area contributed by atoms with Gasteiger partial charge < -0.3 is 9.51 Å². The summed E-state index contributed by atoms with van der Waals surface area (Å²) in [6, 6.07) is 2.14. The summed E-state index contributed by atoms with van der Waals surface area (Å²) in [7, 11) is 0. The van der Waals surface area contributed by atoms with Crippen molar-refractivity contribution in [2.75, 3.05) is 0 Å². The Morgan fingerprint density at radius 3 is 2.63 bits per heavy atom. The smallest absolute Gasteiger partial charge is 0.248 e. The Hall–Kier alpha value is -2.24. The van der Waals surface area contributed by atoms with Crippen molar-refractivity contribution in [3.63, 3.8) is 0 Å². The number of aromatic nitrogens is 3. The van der Waals surface area contributed by atoms with Crippen molar-refractivity contribution in [1.82, 2.24) is 15.1 Å². The van der Waals surface area contributed by atoms with Gasteiger partial charge in [-0.25, -0.2) is 13.8 Å². The van der Waals surface area contributed by atoms with Crippen molar-refractivity contribution in [1.29, 1.82) is 0 Å². The zero-order valence-electron chi connectivity index (χ0n) is 16.0. The molecule has 0 bridgehead atoms. The van der Waals surface area contributed by atoms with E-state index in [0.717, 1.165) is 52.2 Å². The second-order valence-corrected chi connectivity index (χ2v) is 7.76. The van der Waals surface area contributed by atoms with Crippen LogP contribution in [0.25, 0.3) is 22.2 Å². The lowest BCUT2D eigenvalue weighted by molar-refractivity contribution is -0.0456. The molecule has 0 spiro atoms. The Kier molecular flexibility index (Phi) is 4.52. The van der Waals surface area contributed by atoms with Crippen LogP contribution in [0.2, 0.25) is 0 Å². The van der Waals surface area contributed by atoms with E-state index in [1.807, 2.05) is 20.0 Å². The number of aryl methyl sites for hydroxylation is 3. The minimum atomic E-state index is -2.48. The maximum atomic E-state index is 13.5. The molecule has 0 aromatic carbocycles. The number of pyridine rings is 1. The molecule has 0 radical (unpaired) electrons. The summed E-state index contributed by atoms with van der Waals surface area (Å²) in [4.78, 5) is 8.04. The van der Waals surface area contributed by atoms with Gasteiger partial charge in [0.25, 0.3) is 0 Å².